The second-order valence-corrected chi connectivity index (χ2v) is 7.49. The Morgan fingerprint density at radius 2 is 1.77 bits per heavy atom. The van der Waals surface area contributed by atoms with E-state index >= 15 is 0 Å². The number of nitrogens with one attached hydrogen (secondary N) is 3. The molecule has 2 aliphatic heterocycles. The van der Waals surface area contributed by atoms with Gasteiger partial charge in [-0.15, -0.1) is 12.4 Å². The lowest BCUT2D eigenvalue weighted by Gasteiger charge is -2.31. The minimum absolute atomic E-state index is 0. The van der Waals surface area contributed by atoms with Crippen LogP contribution in [0.4, 0.5) is 4.39 Å². The number of hydrogen-bond donors (Lipinski definition) is 3. The van der Waals surface area contributed by atoms with Crippen LogP contribution in [0.1, 0.15) is 49.9 Å². The molecular formula is C19H27ClFN3O2. The summed E-state index contributed by atoms with van der Waals surface area (Å²) in [6, 6.07) is 6.22. The fourth-order valence-electron chi connectivity index (χ4n) is 3.87. The standard InChI is InChI=1S/C19H26FN3O2.ClH/c1-11(2)17(23-18(24)15-5-3-4-6-16(15)20)19(25)22-14-9-12-7-8-13(10-14)21-12;/h3-6,11-14,17,21H,7-10H2,1-2H3,(H,22,25)(H,23,24);1H. The smallest absolute Gasteiger partial charge is 0.254 e. The molecule has 0 radical (unpaired) electrons. The molecule has 3 rings (SSSR count). The molecule has 2 amide bonds. The molecule has 2 fully saturated rings. The van der Waals surface area contributed by atoms with Gasteiger partial charge in [0.25, 0.3) is 5.91 Å². The monoisotopic (exact) mass is 383 g/mol. The quantitative estimate of drug-likeness (QED) is 0.731. The van der Waals surface area contributed by atoms with Crippen LogP contribution in [0.15, 0.2) is 24.3 Å². The molecule has 3 atom stereocenters. The first-order chi connectivity index (χ1) is 11.9. The van der Waals surface area contributed by atoms with Gasteiger partial charge in [0.05, 0.1) is 5.56 Å². The van der Waals surface area contributed by atoms with Gasteiger partial charge < -0.3 is 16.0 Å². The van der Waals surface area contributed by atoms with E-state index in [2.05, 4.69) is 16.0 Å². The maximum Gasteiger partial charge on any atom is 0.254 e. The van der Waals surface area contributed by atoms with Crippen molar-refractivity contribution in [3.63, 3.8) is 0 Å². The van der Waals surface area contributed by atoms with Crippen molar-refractivity contribution in [2.75, 3.05) is 0 Å². The van der Waals surface area contributed by atoms with Crippen molar-refractivity contribution in [1.82, 2.24) is 16.0 Å². The Labute approximate surface area is 159 Å². The normalized spacial score (nSPS) is 25.3. The van der Waals surface area contributed by atoms with Crippen molar-refractivity contribution >= 4 is 24.2 Å². The molecule has 7 heteroatoms. The fourth-order valence-corrected chi connectivity index (χ4v) is 3.87. The van der Waals surface area contributed by atoms with Crippen LogP contribution in [0, 0.1) is 11.7 Å². The Balaban J connectivity index is 0.00000243. The Hall–Kier alpha value is -1.66. The third-order valence-corrected chi connectivity index (χ3v) is 5.17. The van der Waals surface area contributed by atoms with E-state index in [9.17, 15) is 14.0 Å². The maximum atomic E-state index is 13.8. The van der Waals surface area contributed by atoms with Crippen LogP contribution in [0.5, 0.6) is 0 Å². The van der Waals surface area contributed by atoms with Gasteiger partial charge in [-0.2, -0.15) is 0 Å². The SMILES string of the molecule is CC(C)C(NC(=O)c1ccccc1F)C(=O)NC1CC2CCC(C1)N2.Cl. The van der Waals surface area contributed by atoms with Gasteiger partial charge in [0.2, 0.25) is 5.91 Å². The Morgan fingerprint density at radius 1 is 1.15 bits per heavy atom. The van der Waals surface area contributed by atoms with E-state index in [1.54, 1.807) is 6.07 Å². The lowest BCUT2D eigenvalue weighted by molar-refractivity contribution is -0.124. The molecule has 144 valence electrons. The summed E-state index contributed by atoms with van der Waals surface area (Å²) >= 11 is 0. The summed E-state index contributed by atoms with van der Waals surface area (Å²) < 4.78 is 13.8. The van der Waals surface area contributed by atoms with Gasteiger partial charge in [-0.3, -0.25) is 9.59 Å². The molecule has 1 aromatic carbocycles. The average Bonchev–Trinajstić information content (AvgIpc) is 2.91. The Kier molecular flexibility index (Phi) is 7.01. The number of halogens is 2. The predicted molar refractivity (Wildman–Crippen MR) is 101 cm³/mol. The minimum Gasteiger partial charge on any atom is -0.351 e. The van der Waals surface area contributed by atoms with Crippen molar-refractivity contribution in [2.45, 2.75) is 63.7 Å². The number of piperidine rings is 1. The summed E-state index contributed by atoms with van der Waals surface area (Å²) in [5.74, 6) is -1.42. The number of carbonyl (C=O) groups is 2. The van der Waals surface area contributed by atoms with Gasteiger partial charge in [0.15, 0.2) is 0 Å². The van der Waals surface area contributed by atoms with E-state index in [1.165, 1.54) is 18.2 Å². The first-order valence-electron chi connectivity index (χ1n) is 9.06. The van der Waals surface area contributed by atoms with E-state index in [1.807, 2.05) is 13.8 Å². The predicted octanol–water partition coefficient (Wildman–Crippen LogP) is 2.40. The first-order valence-corrected chi connectivity index (χ1v) is 9.06. The summed E-state index contributed by atoms with van der Waals surface area (Å²) in [6.07, 6.45) is 4.17. The number of carbonyl (C=O) groups excluding carboxylic acids is 2. The Bertz CT molecular complexity index is 643. The zero-order valence-electron chi connectivity index (χ0n) is 15.1. The zero-order valence-corrected chi connectivity index (χ0v) is 15.9. The highest BCUT2D eigenvalue weighted by Crippen LogP contribution is 2.26. The summed E-state index contributed by atoms with van der Waals surface area (Å²) in [6.45, 7) is 3.75. The van der Waals surface area contributed by atoms with Crippen LogP contribution in [0.25, 0.3) is 0 Å². The van der Waals surface area contributed by atoms with Crippen molar-refractivity contribution in [2.24, 2.45) is 5.92 Å². The first kappa shape index (κ1) is 20.6. The molecule has 5 nitrogen and oxygen atoms in total. The van der Waals surface area contributed by atoms with Crippen LogP contribution < -0.4 is 16.0 Å². The molecular weight excluding hydrogens is 357 g/mol. The number of amides is 2. The number of hydrogen-bond acceptors (Lipinski definition) is 3. The second-order valence-electron chi connectivity index (χ2n) is 7.49. The molecule has 2 aliphatic rings. The summed E-state index contributed by atoms with van der Waals surface area (Å²) in [5, 5.41) is 9.32. The molecule has 0 aromatic heterocycles. The molecule has 2 heterocycles. The van der Waals surface area contributed by atoms with Crippen LogP contribution in [0.2, 0.25) is 0 Å². The highest BCUT2D eigenvalue weighted by molar-refractivity contribution is 5.97. The molecule has 3 N–H and O–H groups in total. The highest BCUT2D eigenvalue weighted by atomic mass is 35.5. The summed E-state index contributed by atoms with van der Waals surface area (Å²) in [4.78, 5) is 25.0. The summed E-state index contributed by atoms with van der Waals surface area (Å²) in [7, 11) is 0. The van der Waals surface area contributed by atoms with Gasteiger partial charge in [0.1, 0.15) is 11.9 Å². The van der Waals surface area contributed by atoms with Gasteiger partial charge in [-0.1, -0.05) is 26.0 Å². The molecule has 0 aliphatic carbocycles. The highest BCUT2D eigenvalue weighted by Gasteiger charge is 2.35. The van der Waals surface area contributed by atoms with Crippen molar-refractivity contribution in [3.8, 4) is 0 Å². The van der Waals surface area contributed by atoms with E-state index in [-0.39, 0.29) is 35.8 Å². The van der Waals surface area contributed by atoms with Gasteiger partial charge >= 0.3 is 0 Å². The van der Waals surface area contributed by atoms with E-state index < -0.39 is 17.8 Å². The number of fused-ring (bicyclic) bond motifs is 2. The molecule has 3 unspecified atom stereocenters. The fraction of sp³-hybridized carbons (Fsp3) is 0.579. The largest absolute Gasteiger partial charge is 0.351 e. The number of rotatable bonds is 5. The van der Waals surface area contributed by atoms with Crippen LogP contribution in [-0.2, 0) is 4.79 Å². The maximum absolute atomic E-state index is 13.8. The molecule has 2 saturated heterocycles. The van der Waals surface area contributed by atoms with Crippen molar-refractivity contribution in [1.29, 1.82) is 0 Å². The second kappa shape index (κ2) is 8.82. The minimum atomic E-state index is -0.681. The van der Waals surface area contributed by atoms with Crippen molar-refractivity contribution in [3.05, 3.63) is 35.6 Å². The Morgan fingerprint density at radius 3 is 2.35 bits per heavy atom. The third kappa shape index (κ3) is 4.74. The van der Waals surface area contributed by atoms with Gasteiger partial charge in [-0.25, -0.2) is 4.39 Å². The lowest BCUT2D eigenvalue weighted by atomic mass is 9.97. The van der Waals surface area contributed by atoms with E-state index in [4.69, 9.17) is 0 Å². The third-order valence-electron chi connectivity index (χ3n) is 5.17. The van der Waals surface area contributed by atoms with Crippen LogP contribution in [-0.4, -0.2) is 36.0 Å². The molecule has 0 saturated carbocycles. The molecule has 2 bridgehead atoms. The van der Waals surface area contributed by atoms with E-state index in [0.29, 0.717) is 12.1 Å². The molecule has 0 spiro atoms. The van der Waals surface area contributed by atoms with Crippen LogP contribution in [0.3, 0.4) is 0 Å². The lowest BCUT2D eigenvalue weighted by Crippen LogP contribution is -2.55. The van der Waals surface area contributed by atoms with Crippen LogP contribution >= 0.6 is 12.4 Å². The topological polar surface area (TPSA) is 70.2 Å². The summed E-state index contributed by atoms with van der Waals surface area (Å²) in [5.41, 5.74) is -0.0409. The van der Waals surface area contributed by atoms with Gasteiger partial charge in [0, 0.05) is 18.1 Å². The van der Waals surface area contributed by atoms with Gasteiger partial charge in [-0.05, 0) is 43.7 Å². The average molecular weight is 384 g/mol. The molecule has 1 aromatic rings. The van der Waals surface area contributed by atoms with E-state index in [0.717, 1.165) is 25.7 Å². The zero-order chi connectivity index (χ0) is 18.0. The number of benzene rings is 1. The molecule has 26 heavy (non-hydrogen) atoms. The van der Waals surface area contributed by atoms with Crippen molar-refractivity contribution < 1.29 is 14.0 Å².